The second-order valence-corrected chi connectivity index (χ2v) is 4.28. The zero-order chi connectivity index (χ0) is 10.7. The van der Waals surface area contributed by atoms with E-state index in [-0.39, 0.29) is 0 Å². The molecule has 0 radical (unpaired) electrons. The van der Waals surface area contributed by atoms with Crippen LogP contribution in [0.15, 0.2) is 18.2 Å². The van der Waals surface area contributed by atoms with E-state index in [9.17, 15) is 0 Å². The molecule has 1 aliphatic rings. The van der Waals surface area contributed by atoms with E-state index in [4.69, 9.17) is 5.84 Å². The van der Waals surface area contributed by atoms with Gasteiger partial charge in [-0.1, -0.05) is 18.9 Å². The number of hydrogen-bond acceptors (Lipinski definition) is 4. The molecule has 0 spiro atoms. The topological polar surface area (TPSA) is 63.0 Å². The minimum atomic E-state index is 0.484. The van der Waals surface area contributed by atoms with Crippen LogP contribution in [0.3, 0.4) is 0 Å². The Bertz CT molecular complexity index is 322. The molecule has 2 rings (SSSR count). The Morgan fingerprint density at radius 3 is 2.87 bits per heavy atom. The molecule has 1 aromatic rings. The highest BCUT2D eigenvalue weighted by molar-refractivity contribution is 5.44. The average Bonchev–Trinajstić information content (AvgIpc) is 3.02. The number of aromatic nitrogens is 1. The summed E-state index contributed by atoms with van der Waals surface area (Å²) in [4.78, 5) is 4.31. The zero-order valence-corrected chi connectivity index (χ0v) is 9.03. The van der Waals surface area contributed by atoms with Gasteiger partial charge in [0, 0.05) is 6.04 Å². The monoisotopic (exact) mass is 206 g/mol. The van der Waals surface area contributed by atoms with E-state index in [1.165, 1.54) is 19.3 Å². The molecule has 4 nitrogen and oxygen atoms in total. The SMILES string of the molecule is CC(CC1CC1)Nc1cccc(NN)n1. The first-order chi connectivity index (χ1) is 7.28. The van der Waals surface area contributed by atoms with E-state index in [1.54, 1.807) is 0 Å². The predicted octanol–water partition coefficient (Wildman–Crippen LogP) is 1.97. The zero-order valence-electron chi connectivity index (χ0n) is 9.03. The predicted molar refractivity (Wildman–Crippen MR) is 62.5 cm³/mol. The maximum atomic E-state index is 5.30. The summed E-state index contributed by atoms with van der Waals surface area (Å²) in [5.41, 5.74) is 2.54. The molecular weight excluding hydrogens is 188 g/mol. The summed E-state index contributed by atoms with van der Waals surface area (Å²) in [5.74, 6) is 7.81. The maximum absolute atomic E-state index is 5.30. The lowest BCUT2D eigenvalue weighted by Gasteiger charge is -2.14. The number of nitrogens with one attached hydrogen (secondary N) is 2. The molecule has 1 unspecified atom stereocenters. The number of nitrogen functional groups attached to an aromatic ring is 1. The number of nitrogens with zero attached hydrogens (tertiary/aromatic N) is 1. The van der Waals surface area contributed by atoms with Crippen LogP contribution in [0.5, 0.6) is 0 Å². The van der Waals surface area contributed by atoms with Crippen molar-refractivity contribution in [2.24, 2.45) is 11.8 Å². The lowest BCUT2D eigenvalue weighted by Crippen LogP contribution is -2.17. The summed E-state index contributed by atoms with van der Waals surface area (Å²) in [6.45, 7) is 2.20. The summed E-state index contributed by atoms with van der Waals surface area (Å²) in [6.07, 6.45) is 4.02. The lowest BCUT2D eigenvalue weighted by atomic mass is 10.1. The van der Waals surface area contributed by atoms with Crippen molar-refractivity contribution in [2.45, 2.75) is 32.2 Å². The standard InChI is InChI=1S/C11H18N4/c1-8(7-9-5-6-9)13-10-3-2-4-11(14-10)15-12/h2-4,8-9H,5-7,12H2,1H3,(H2,13,14,15). The van der Waals surface area contributed by atoms with Crippen LogP contribution >= 0.6 is 0 Å². The van der Waals surface area contributed by atoms with Gasteiger partial charge in [0.2, 0.25) is 0 Å². The van der Waals surface area contributed by atoms with Gasteiger partial charge in [-0.05, 0) is 31.4 Å². The first-order valence-corrected chi connectivity index (χ1v) is 5.48. The van der Waals surface area contributed by atoms with E-state index in [1.807, 2.05) is 18.2 Å². The fraction of sp³-hybridized carbons (Fsp3) is 0.545. The first kappa shape index (κ1) is 10.2. The fourth-order valence-electron chi connectivity index (χ4n) is 1.76. The highest BCUT2D eigenvalue weighted by Crippen LogP contribution is 2.33. The van der Waals surface area contributed by atoms with Gasteiger partial charge in [0.15, 0.2) is 0 Å². The molecule has 15 heavy (non-hydrogen) atoms. The van der Waals surface area contributed by atoms with Gasteiger partial charge in [-0.2, -0.15) is 0 Å². The van der Waals surface area contributed by atoms with E-state index >= 15 is 0 Å². The number of hydrazine groups is 1. The Balaban J connectivity index is 1.90. The van der Waals surface area contributed by atoms with E-state index < -0.39 is 0 Å². The van der Waals surface area contributed by atoms with Crippen LogP contribution in [0.1, 0.15) is 26.2 Å². The molecule has 4 N–H and O–H groups in total. The van der Waals surface area contributed by atoms with Gasteiger partial charge in [0.25, 0.3) is 0 Å². The summed E-state index contributed by atoms with van der Waals surface area (Å²) < 4.78 is 0. The van der Waals surface area contributed by atoms with Gasteiger partial charge < -0.3 is 10.7 Å². The van der Waals surface area contributed by atoms with Gasteiger partial charge in [-0.15, -0.1) is 0 Å². The minimum Gasteiger partial charge on any atom is -0.368 e. The number of hydrogen-bond donors (Lipinski definition) is 3. The van der Waals surface area contributed by atoms with Crippen molar-refractivity contribution in [3.05, 3.63) is 18.2 Å². The molecule has 82 valence electrons. The van der Waals surface area contributed by atoms with Crippen LogP contribution < -0.4 is 16.6 Å². The van der Waals surface area contributed by atoms with Crippen LogP contribution in [0.4, 0.5) is 11.6 Å². The quantitative estimate of drug-likeness (QED) is 0.509. The molecule has 1 fully saturated rings. The molecule has 0 aromatic carbocycles. The van der Waals surface area contributed by atoms with E-state index in [0.29, 0.717) is 11.9 Å². The van der Waals surface area contributed by atoms with Crippen molar-refractivity contribution in [3.8, 4) is 0 Å². The van der Waals surface area contributed by atoms with Gasteiger partial charge >= 0.3 is 0 Å². The van der Waals surface area contributed by atoms with Crippen LogP contribution in [-0.4, -0.2) is 11.0 Å². The molecule has 0 aliphatic heterocycles. The minimum absolute atomic E-state index is 0.484. The van der Waals surface area contributed by atoms with E-state index in [2.05, 4.69) is 22.7 Å². The average molecular weight is 206 g/mol. The van der Waals surface area contributed by atoms with Crippen molar-refractivity contribution in [2.75, 3.05) is 10.7 Å². The third-order valence-corrected chi connectivity index (χ3v) is 2.68. The molecule has 0 saturated heterocycles. The molecule has 4 heteroatoms. The Hall–Kier alpha value is -1.29. The Morgan fingerprint density at radius 1 is 1.47 bits per heavy atom. The Labute approximate surface area is 90.2 Å². The summed E-state index contributed by atoms with van der Waals surface area (Å²) in [7, 11) is 0. The van der Waals surface area contributed by atoms with Gasteiger partial charge in [0.1, 0.15) is 11.6 Å². The Kier molecular flexibility index (Phi) is 3.06. The van der Waals surface area contributed by atoms with Crippen molar-refractivity contribution < 1.29 is 0 Å². The number of anilines is 2. The largest absolute Gasteiger partial charge is 0.368 e. The second kappa shape index (κ2) is 4.49. The van der Waals surface area contributed by atoms with E-state index in [0.717, 1.165) is 11.7 Å². The first-order valence-electron chi connectivity index (χ1n) is 5.48. The summed E-state index contributed by atoms with van der Waals surface area (Å²) >= 11 is 0. The maximum Gasteiger partial charge on any atom is 0.142 e. The summed E-state index contributed by atoms with van der Waals surface area (Å²) in [5, 5.41) is 3.38. The van der Waals surface area contributed by atoms with Crippen molar-refractivity contribution in [1.29, 1.82) is 0 Å². The normalized spacial score (nSPS) is 17.2. The fourth-order valence-corrected chi connectivity index (χ4v) is 1.76. The molecule has 1 heterocycles. The number of nitrogens with two attached hydrogens (primary N) is 1. The van der Waals surface area contributed by atoms with Crippen molar-refractivity contribution in [3.63, 3.8) is 0 Å². The van der Waals surface area contributed by atoms with Crippen LogP contribution in [-0.2, 0) is 0 Å². The van der Waals surface area contributed by atoms with Crippen LogP contribution in [0.25, 0.3) is 0 Å². The van der Waals surface area contributed by atoms with Crippen molar-refractivity contribution >= 4 is 11.6 Å². The second-order valence-electron chi connectivity index (χ2n) is 4.28. The lowest BCUT2D eigenvalue weighted by molar-refractivity contribution is 0.640. The Morgan fingerprint density at radius 2 is 2.20 bits per heavy atom. The number of rotatable bonds is 5. The molecular formula is C11H18N4. The third kappa shape index (κ3) is 3.09. The molecule has 0 bridgehead atoms. The smallest absolute Gasteiger partial charge is 0.142 e. The van der Waals surface area contributed by atoms with Gasteiger partial charge in [-0.3, -0.25) is 0 Å². The van der Waals surface area contributed by atoms with Crippen LogP contribution in [0, 0.1) is 5.92 Å². The highest BCUT2D eigenvalue weighted by atomic mass is 15.3. The number of pyridine rings is 1. The molecule has 0 amide bonds. The van der Waals surface area contributed by atoms with Gasteiger partial charge in [0.05, 0.1) is 0 Å². The van der Waals surface area contributed by atoms with Crippen molar-refractivity contribution in [1.82, 2.24) is 4.98 Å². The summed E-state index contributed by atoms with van der Waals surface area (Å²) in [6, 6.07) is 6.23. The molecule has 1 aromatic heterocycles. The highest BCUT2D eigenvalue weighted by Gasteiger charge is 2.23. The molecule has 1 atom stereocenters. The van der Waals surface area contributed by atoms with Crippen LogP contribution in [0.2, 0.25) is 0 Å². The molecule has 1 aliphatic carbocycles. The third-order valence-electron chi connectivity index (χ3n) is 2.68. The van der Waals surface area contributed by atoms with Gasteiger partial charge in [-0.25, -0.2) is 10.8 Å². The molecule has 1 saturated carbocycles.